The minimum Gasteiger partial charge on any atom is -0.474 e. The maximum atomic E-state index is 5.79. The zero-order valence-electron chi connectivity index (χ0n) is 10.9. The van der Waals surface area contributed by atoms with E-state index in [9.17, 15) is 0 Å². The minimum absolute atomic E-state index is 0.0973. The van der Waals surface area contributed by atoms with Crippen LogP contribution in [0.2, 0.25) is 0 Å². The molecule has 0 fully saturated rings. The summed E-state index contributed by atoms with van der Waals surface area (Å²) in [6.45, 7) is 8.88. The number of ether oxygens (including phenoxy) is 1. The third-order valence-corrected chi connectivity index (χ3v) is 2.37. The highest BCUT2D eigenvalue weighted by atomic mass is 35.5. The molecule has 1 aromatic rings. The molecule has 1 aromatic heterocycles. The number of anilines is 1. The lowest BCUT2D eigenvalue weighted by molar-refractivity contribution is 0.231. The van der Waals surface area contributed by atoms with Crippen LogP contribution in [0.5, 0.6) is 5.88 Å². The first-order valence-corrected chi connectivity index (χ1v) is 6.39. The van der Waals surface area contributed by atoms with E-state index in [1.54, 1.807) is 12.4 Å². The first-order chi connectivity index (χ1) is 8.04. The fourth-order valence-corrected chi connectivity index (χ4v) is 1.69. The van der Waals surface area contributed by atoms with Crippen LogP contribution in [-0.4, -0.2) is 34.5 Å². The summed E-state index contributed by atoms with van der Waals surface area (Å²) in [5, 5.41) is 0. The molecule has 0 spiro atoms. The Labute approximate surface area is 108 Å². The van der Waals surface area contributed by atoms with Crippen LogP contribution in [0.15, 0.2) is 12.4 Å². The molecule has 0 saturated heterocycles. The van der Waals surface area contributed by atoms with E-state index in [0.717, 1.165) is 12.4 Å². The maximum Gasteiger partial charge on any atom is 0.234 e. The van der Waals surface area contributed by atoms with Crippen molar-refractivity contribution >= 4 is 17.4 Å². The predicted molar refractivity (Wildman–Crippen MR) is 71.0 cm³/mol. The summed E-state index contributed by atoms with van der Waals surface area (Å²) in [6.07, 6.45) is 3.46. The van der Waals surface area contributed by atoms with Gasteiger partial charge in [-0.25, -0.2) is 0 Å². The van der Waals surface area contributed by atoms with E-state index < -0.39 is 0 Å². The van der Waals surface area contributed by atoms with Gasteiger partial charge < -0.3 is 9.64 Å². The quantitative estimate of drug-likeness (QED) is 0.735. The van der Waals surface area contributed by atoms with E-state index in [1.807, 2.05) is 13.8 Å². The second-order valence-electron chi connectivity index (χ2n) is 4.36. The third-order valence-electron chi connectivity index (χ3n) is 2.20. The highest BCUT2D eigenvalue weighted by Gasteiger charge is 2.12. The van der Waals surface area contributed by atoms with Crippen LogP contribution in [0.4, 0.5) is 5.82 Å². The number of aromatic nitrogens is 2. The average molecular weight is 258 g/mol. The molecule has 0 bridgehead atoms. The van der Waals surface area contributed by atoms with Gasteiger partial charge in [-0.15, -0.1) is 11.6 Å². The molecule has 4 nitrogen and oxygen atoms in total. The normalized spacial score (nSPS) is 11.0. The molecule has 0 atom stereocenters. The number of alkyl halides is 1. The van der Waals surface area contributed by atoms with Crippen LogP contribution < -0.4 is 9.64 Å². The number of hydrogen-bond acceptors (Lipinski definition) is 4. The molecule has 0 unspecified atom stereocenters. The van der Waals surface area contributed by atoms with Gasteiger partial charge >= 0.3 is 0 Å². The van der Waals surface area contributed by atoms with E-state index in [2.05, 4.69) is 28.7 Å². The van der Waals surface area contributed by atoms with Crippen LogP contribution in [0.3, 0.4) is 0 Å². The van der Waals surface area contributed by atoms with Crippen molar-refractivity contribution < 1.29 is 4.74 Å². The highest BCUT2D eigenvalue weighted by Crippen LogP contribution is 2.17. The van der Waals surface area contributed by atoms with Gasteiger partial charge in [0.2, 0.25) is 5.88 Å². The maximum absolute atomic E-state index is 5.79. The number of hydrogen-bond donors (Lipinski definition) is 0. The number of nitrogens with zero attached hydrogens (tertiary/aromatic N) is 3. The van der Waals surface area contributed by atoms with Crippen molar-refractivity contribution in [1.82, 2.24) is 9.97 Å². The van der Waals surface area contributed by atoms with Crippen LogP contribution in [0, 0.1) is 0 Å². The molecule has 0 radical (unpaired) electrons. The van der Waals surface area contributed by atoms with E-state index in [-0.39, 0.29) is 6.10 Å². The lowest BCUT2D eigenvalue weighted by Gasteiger charge is -2.26. The van der Waals surface area contributed by atoms with Crippen molar-refractivity contribution in [2.24, 2.45) is 0 Å². The second kappa shape index (κ2) is 6.64. The van der Waals surface area contributed by atoms with Gasteiger partial charge in [0, 0.05) is 18.5 Å². The van der Waals surface area contributed by atoms with Crippen molar-refractivity contribution in [3.8, 4) is 5.88 Å². The summed E-state index contributed by atoms with van der Waals surface area (Å²) in [5.41, 5.74) is 0. The minimum atomic E-state index is 0.0973. The predicted octanol–water partition coefficient (Wildman–Crippen LogP) is 2.72. The van der Waals surface area contributed by atoms with Crippen molar-refractivity contribution in [1.29, 1.82) is 0 Å². The van der Waals surface area contributed by atoms with Crippen LogP contribution in [0.1, 0.15) is 27.7 Å². The number of halogens is 1. The molecule has 0 amide bonds. The fraction of sp³-hybridized carbons (Fsp3) is 0.667. The second-order valence-corrected chi connectivity index (χ2v) is 4.74. The first kappa shape index (κ1) is 14.0. The van der Waals surface area contributed by atoms with Crippen LogP contribution in [-0.2, 0) is 0 Å². The van der Waals surface area contributed by atoms with Crippen molar-refractivity contribution in [2.45, 2.75) is 39.8 Å². The Morgan fingerprint density at radius 3 is 2.53 bits per heavy atom. The molecule has 0 aliphatic carbocycles. The molecule has 0 N–H and O–H groups in total. The lowest BCUT2D eigenvalue weighted by Crippen LogP contribution is -2.33. The van der Waals surface area contributed by atoms with E-state index in [4.69, 9.17) is 16.3 Å². The molecule has 5 heteroatoms. The van der Waals surface area contributed by atoms with Crippen molar-refractivity contribution in [3.63, 3.8) is 0 Å². The SMILES string of the molecule is CC(C)Oc1cncc(N(CCCl)C(C)C)n1. The molecule has 1 heterocycles. The Morgan fingerprint density at radius 1 is 1.29 bits per heavy atom. The van der Waals surface area contributed by atoms with Gasteiger partial charge in [0.15, 0.2) is 5.82 Å². The van der Waals surface area contributed by atoms with Crippen molar-refractivity contribution in [3.05, 3.63) is 12.4 Å². The largest absolute Gasteiger partial charge is 0.474 e. The van der Waals surface area contributed by atoms with Gasteiger partial charge in [-0.2, -0.15) is 4.98 Å². The molecular weight excluding hydrogens is 238 g/mol. The van der Waals surface area contributed by atoms with Gasteiger partial charge in [0.05, 0.1) is 18.5 Å². The molecule has 96 valence electrons. The van der Waals surface area contributed by atoms with Gasteiger partial charge in [0.1, 0.15) is 0 Å². The fourth-order valence-electron chi connectivity index (χ4n) is 1.50. The Hall–Kier alpha value is -1.03. The molecule has 0 aliphatic heterocycles. The summed E-state index contributed by atoms with van der Waals surface area (Å²) in [5.74, 6) is 1.92. The Bertz CT molecular complexity index is 344. The molecular formula is C12H20ClN3O. The summed E-state index contributed by atoms with van der Waals surface area (Å²) in [4.78, 5) is 10.7. The van der Waals surface area contributed by atoms with Gasteiger partial charge in [-0.3, -0.25) is 4.98 Å². The van der Waals surface area contributed by atoms with E-state index in [0.29, 0.717) is 17.8 Å². The Balaban J connectivity index is 2.87. The number of rotatable bonds is 6. The smallest absolute Gasteiger partial charge is 0.234 e. The first-order valence-electron chi connectivity index (χ1n) is 5.86. The summed E-state index contributed by atoms with van der Waals surface area (Å²) >= 11 is 5.79. The third kappa shape index (κ3) is 4.38. The summed E-state index contributed by atoms with van der Waals surface area (Å²) in [6, 6.07) is 0.331. The van der Waals surface area contributed by atoms with Gasteiger partial charge in [-0.1, -0.05) is 0 Å². The monoisotopic (exact) mass is 257 g/mol. The average Bonchev–Trinajstić information content (AvgIpc) is 2.24. The van der Waals surface area contributed by atoms with Gasteiger partial charge in [0.25, 0.3) is 0 Å². The Kier molecular flexibility index (Phi) is 5.48. The van der Waals surface area contributed by atoms with E-state index in [1.165, 1.54) is 0 Å². The van der Waals surface area contributed by atoms with Crippen LogP contribution >= 0.6 is 11.6 Å². The van der Waals surface area contributed by atoms with Crippen LogP contribution in [0.25, 0.3) is 0 Å². The lowest BCUT2D eigenvalue weighted by atomic mass is 10.3. The van der Waals surface area contributed by atoms with Gasteiger partial charge in [-0.05, 0) is 27.7 Å². The van der Waals surface area contributed by atoms with E-state index >= 15 is 0 Å². The topological polar surface area (TPSA) is 38.2 Å². The summed E-state index contributed by atoms with van der Waals surface area (Å²) in [7, 11) is 0. The molecule has 0 saturated carbocycles. The summed E-state index contributed by atoms with van der Waals surface area (Å²) < 4.78 is 5.53. The molecule has 1 rings (SSSR count). The van der Waals surface area contributed by atoms with Crippen molar-refractivity contribution in [2.75, 3.05) is 17.3 Å². The zero-order chi connectivity index (χ0) is 12.8. The molecule has 17 heavy (non-hydrogen) atoms. The standard InChI is InChI=1S/C12H20ClN3O/c1-9(2)16(6-5-13)11-7-14-8-12(15-11)17-10(3)4/h7-10H,5-6H2,1-4H3. The molecule has 0 aliphatic rings. The zero-order valence-corrected chi connectivity index (χ0v) is 11.6. The molecule has 0 aromatic carbocycles. The Morgan fingerprint density at radius 2 is 2.00 bits per heavy atom. The highest BCUT2D eigenvalue weighted by molar-refractivity contribution is 6.18.